The lowest BCUT2D eigenvalue weighted by molar-refractivity contribution is 0.0435. The molecule has 7 heteroatoms. The van der Waals surface area contributed by atoms with Crippen LogP contribution in [0.3, 0.4) is 0 Å². The Labute approximate surface area is 147 Å². The van der Waals surface area contributed by atoms with Crippen LogP contribution in [0.2, 0.25) is 5.02 Å². The van der Waals surface area contributed by atoms with Crippen molar-refractivity contribution in [2.75, 3.05) is 0 Å². The minimum atomic E-state index is -0.347. The second kappa shape index (κ2) is 6.37. The maximum atomic E-state index is 12.1. The molecule has 0 spiro atoms. The summed E-state index contributed by atoms with van der Waals surface area (Å²) in [4.78, 5) is 18.3. The van der Waals surface area contributed by atoms with E-state index >= 15 is 0 Å². The lowest BCUT2D eigenvalue weighted by Crippen LogP contribution is -2.03. The largest absolute Gasteiger partial charge is 0.451 e. The molecule has 0 amide bonds. The molecule has 2 heterocycles. The van der Waals surface area contributed by atoms with Gasteiger partial charge in [-0.05, 0) is 55.2 Å². The number of aryl methyl sites for hydroxylation is 2. The van der Waals surface area contributed by atoms with Crippen LogP contribution in [0.1, 0.15) is 32.4 Å². The highest BCUT2D eigenvalue weighted by Crippen LogP contribution is 2.31. The summed E-state index contributed by atoms with van der Waals surface area (Å²) in [7, 11) is 0. The van der Waals surface area contributed by atoms with Crippen LogP contribution >= 0.6 is 22.9 Å². The first-order chi connectivity index (χ1) is 11.7. The Bertz CT molecular complexity index is 864. The van der Waals surface area contributed by atoms with Crippen molar-refractivity contribution in [3.63, 3.8) is 0 Å². The fraction of sp³-hybridized carbons (Fsp3) is 0.235. The highest BCUT2D eigenvalue weighted by molar-refractivity contribution is 7.14. The Morgan fingerprint density at radius 3 is 2.92 bits per heavy atom. The van der Waals surface area contributed by atoms with Crippen molar-refractivity contribution in [3.8, 4) is 11.4 Å². The van der Waals surface area contributed by atoms with Gasteiger partial charge in [0.05, 0.1) is 0 Å². The SMILES string of the molecule is O=C(OCc1nc(-c2ccc(Cl)cc2)no1)c1cc2c(s1)CCC2. The van der Waals surface area contributed by atoms with Crippen LogP contribution in [0.15, 0.2) is 34.9 Å². The first-order valence-corrected chi connectivity index (χ1v) is 8.76. The summed E-state index contributed by atoms with van der Waals surface area (Å²) in [5, 5.41) is 4.53. The lowest BCUT2D eigenvalue weighted by Gasteiger charge is -1.99. The van der Waals surface area contributed by atoms with Crippen LogP contribution in [0, 0.1) is 0 Å². The molecule has 4 rings (SSSR count). The second-order valence-corrected chi connectivity index (χ2v) is 7.08. The van der Waals surface area contributed by atoms with Crippen LogP contribution in [-0.4, -0.2) is 16.1 Å². The zero-order valence-electron chi connectivity index (χ0n) is 12.6. The van der Waals surface area contributed by atoms with Crippen molar-refractivity contribution in [1.82, 2.24) is 10.1 Å². The van der Waals surface area contributed by atoms with E-state index < -0.39 is 0 Å². The molecule has 0 saturated heterocycles. The van der Waals surface area contributed by atoms with Gasteiger partial charge in [0.15, 0.2) is 6.61 Å². The van der Waals surface area contributed by atoms with Crippen LogP contribution in [0.25, 0.3) is 11.4 Å². The van der Waals surface area contributed by atoms with E-state index in [2.05, 4.69) is 10.1 Å². The number of aromatic nitrogens is 2. The van der Waals surface area contributed by atoms with Crippen LogP contribution in [0.4, 0.5) is 0 Å². The topological polar surface area (TPSA) is 65.2 Å². The minimum Gasteiger partial charge on any atom is -0.451 e. The Hall–Kier alpha value is -2.18. The smallest absolute Gasteiger partial charge is 0.348 e. The number of carbonyl (C=O) groups excluding carboxylic acids is 1. The van der Waals surface area contributed by atoms with E-state index in [4.69, 9.17) is 20.9 Å². The highest BCUT2D eigenvalue weighted by atomic mass is 35.5. The molecule has 24 heavy (non-hydrogen) atoms. The van der Waals surface area contributed by atoms with Crippen molar-refractivity contribution in [2.45, 2.75) is 25.9 Å². The van der Waals surface area contributed by atoms with E-state index in [0.29, 0.717) is 15.7 Å². The molecule has 0 radical (unpaired) electrons. The predicted molar refractivity (Wildman–Crippen MR) is 90.2 cm³/mol. The van der Waals surface area contributed by atoms with Gasteiger partial charge in [-0.2, -0.15) is 4.98 Å². The van der Waals surface area contributed by atoms with Gasteiger partial charge in [-0.15, -0.1) is 11.3 Å². The summed E-state index contributed by atoms with van der Waals surface area (Å²) >= 11 is 7.37. The standard InChI is InChI=1S/C17H13ClN2O3S/c18-12-6-4-10(5-7-12)16-19-15(23-20-16)9-22-17(21)14-8-11-2-1-3-13(11)24-14/h4-8H,1-3,9H2. The molecular formula is C17H13ClN2O3S. The van der Waals surface area contributed by atoms with E-state index in [1.807, 2.05) is 6.07 Å². The Balaban J connectivity index is 1.40. The zero-order chi connectivity index (χ0) is 16.5. The van der Waals surface area contributed by atoms with Crippen LogP contribution in [-0.2, 0) is 24.2 Å². The van der Waals surface area contributed by atoms with Gasteiger partial charge in [-0.3, -0.25) is 0 Å². The van der Waals surface area contributed by atoms with E-state index in [-0.39, 0.29) is 18.5 Å². The van der Waals surface area contributed by atoms with Crippen molar-refractivity contribution in [3.05, 3.63) is 56.6 Å². The molecule has 1 aliphatic carbocycles. The van der Waals surface area contributed by atoms with Crippen molar-refractivity contribution in [2.24, 2.45) is 0 Å². The molecule has 2 aromatic heterocycles. The molecule has 0 atom stereocenters. The van der Waals surface area contributed by atoms with Gasteiger partial charge in [-0.25, -0.2) is 4.79 Å². The molecule has 0 aliphatic heterocycles. The van der Waals surface area contributed by atoms with Gasteiger partial charge in [-0.1, -0.05) is 16.8 Å². The highest BCUT2D eigenvalue weighted by Gasteiger charge is 2.20. The number of carbonyl (C=O) groups is 1. The summed E-state index contributed by atoms with van der Waals surface area (Å²) in [6, 6.07) is 9.04. The molecule has 0 N–H and O–H groups in total. The number of hydrogen-bond donors (Lipinski definition) is 0. The summed E-state index contributed by atoms with van der Waals surface area (Å²) in [5.41, 5.74) is 2.06. The first-order valence-electron chi connectivity index (χ1n) is 7.56. The zero-order valence-corrected chi connectivity index (χ0v) is 14.2. The molecule has 0 unspecified atom stereocenters. The van der Waals surface area contributed by atoms with Crippen molar-refractivity contribution < 1.29 is 14.1 Å². The molecular weight excluding hydrogens is 348 g/mol. The number of fused-ring (bicyclic) bond motifs is 1. The molecule has 1 aliphatic rings. The van der Waals surface area contributed by atoms with Crippen LogP contribution in [0.5, 0.6) is 0 Å². The predicted octanol–water partition coefficient (Wildman–Crippen LogP) is 4.30. The monoisotopic (exact) mass is 360 g/mol. The lowest BCUT2D eigenvalue weighted by atomic mass is 10.2. The maximum Gasteiger partial charge on any atom is 0.348 e. The fourth-order valence-corrected chi connectivity index (χ4v) is 3.93. The quantitative estimate of drug-likeness (QED) is 0.649. The van der Waals surface area contributed by atoms with Crippen molar-refractivity contribution >= 4 is 28.9 Å². The number of benzene rings is 1. The van der Waals surface area contributed by atoms with Gasteiger partial charge in [0.25, 0.3) is 5.89 Å². The number of thiophene rings is 1. The third-order valence-corrected chi connectivity index (χ3v) is 5.31. The molecule has 1 aromatic carbocycles. The summed E-state index contributed by atoms with van der Waals surface area (Å²) in [6.45, 7) is -0.0397. The number of esters is 1. The average molecular weight is 361 g/mol. The molecule has 122 valence electrons. The van der Waals surface area contributed by atoms with Crippen molar-refractivity contribution in [1.29, 1.82) is 0 Å². The van der Waals surface area contributed by atoms with Gasteiger partial charge < -0.3 is 9.26 Å². The van der Waals surface area contributed by atoms with Gasteiger partial charge in [0, 0.05) is 15.5 Å². The number of ether oxygens (including phenoxy) is 1. The molecule has 3 aromatic rings. The fourth-order valence-electron chi connectivity index (χ4n) is 2.66. The summed E-state index contributed by atoms with van der Waals surface area (Å²) in [5.74, 6) is 0.353. The third kappa shape index (κ3) is 3.07. The van der Waals surface area contributed by atoms with E-state index in [0.717, 1.165) is 18.4 Å². The molecule has 5 nitrogen and oxygen atoms in total. The third-order valence-electron chi connectivity index (χ3n) is 3.85. The summed E-state index contributed by atoms with van der Waals surface area (Å²) < 4.78 is 10.4. The van der Waals surface area contributed by atoms with Gasteiger partial charge in [0.1, 0.15) is 4.88 Å². The van der Waals surface area contributed by atoms with Gasteiger partial charge >= 0.3 is 5.97 Å². The number of hydrogen-bond acceptors (Lipinski definition) is 6. The molecule has 0 saturated carbocycles. The normalized spacial score (nSPS) is 13.0. The molecule has 0 fully saturated rings. The number of halogens is 1. The Kier molecular flexibility index (Phi) is 4.08. The van der Waals surface area contributed by atoms with E-state index in [9.17, 15) is 4.79 Å². The Morgan fingerprint density at radius 1 is 1.29 bits per heavy atom. The number of nitrogens with zero attached hydrogens (tertiary/aromatic N) is 2. The van der Waals surface area contributed by atoms with E-state index in [1.165, 1.54) is 28.2 Å². The summed E-state index contributed by atoms with van der Waals surface area (Å²) in [6.07, 6.45) is 3.28. The molecule has 0 bridgehead atoms. The van der Waals surface area contributed by atoms with Crippen LogP contribution < -0.4 is 0 Å². The van der Waals surface area contributed by atoms with Gasteiger partial charge in [0.2, 0.25) is 5.82 Å². The minimum absolute atomic E-state index is 0.0397. The second-order valence-electron chi connectivity index (χ2n) is 5.51. The Morgan fingerprint density at radius 2 is 2.12 bits per heavy atom. The van der Waals surface area contributed by atoms with E-state index in [1.54, 1.807) is 24.3 Å². The maximum absolute atomic E-state index is 12.1. The average Bonchev–Trinajstić information content (AvgIpc) is 3.29. The number of rotatable bonds is 4. The first kappa shape index (κ1) is 15.4.